The number of nitrogens with zero attached hydrogens (tertiary/aromatic N) is 2. The largest absolute Gasteiger partial charge is 0.397 e. The van der Waals surface area contributed by atoms with E-state index in [1.807, 2.05) is 6.07 Å². The highest BCUT2D eigenvalue weighted by Gasteiger charge is 2.11. The van der Waals surface area contributed by atoms with Crippen LogP contribution in [-0.4, -0.2) is 12.6 Å². The van der Waals surface area contributed by atoms with E-state index in [4.69, 9.17) is 11.0 Å². The third-order valence-corrected chi connectivity index (χ3v) is 2.43. The van der Waals surface area contributed by atoms with Crippen molar-refractivity contribution in [3.05, 3.63) is 23.8 Å². The van der Waals surface area contributed by atoms with Crippen molar-refractivity contribution >= 4 is 11.4 Å². The molecule has 0 aliphatic carbocycles. The lowest BCUT2D eigenvalue weighted by molar-refractivity contribution is 0.705. The van der Waals surface area contributed by atoms with E-state index in [1.165, 1.54) is 0 Å². The molecule has 0 aliphatic rings. The molecule has 0 atom stereocenters. The van der Waals surface area contributed by atoms with Gasteiger partial charge in [0.05, 0.1) is 23.0 Å². The average molecular weight is 203 g/mol. The van der Waals surface area contributed by atoms with Gasteiger partial charge < -0.3 is 10.6 Å². The summed E-state index contributed by atoms with van der Waals surface area (Å²) in [4.78, 5) is 2.20. The summed E-state index contributed by atoms with van der Waals surface area (Å²) in [5, 5.41) is 8.74. The molecule has 1 aromatic carbocycles. The molecule has 0 aromatic heterocycles. The number of nitriles is 1. The van der Waals surface area contributed by atoms with Crippen LogP contribution in [0, 0.1) is 11.3 Å². The molecule has 80 valence electrons. The van der Waals surface area contributed by atoms with Crippen LogP contribution in [0.3, 0.4) is 0 Å². The molecule has 0 aliphatic heterocycles. The molecule has 0 bridgehead atoms. The predicted molar refractivity (Wildman–Crippen MR) is 63.7 cm³/mol. The van der Waals surface area contributed by atoms with E-state index in [0.717, 1.165) is 12.2 Å². The molecule has 0 fully saturated rings. The second-order valence-electron chi connectivity index (χ2n) is 3.77. The number of rotatable bonds is 3. The van der Waals surface area contributed by atoms with Crippen LogP contribution in [0.2, 0.25) is 0 Å². The summed E-state index contributed by atoms with van der Waals surface area (Å²) in [6.07, 6.45) is 0. The van der Waals surface area contributed by atoms with Crippen molar-refractivity contribution in [1.29, 1.82) is 5.26 Å². The second kappa shape index (κ2) is 4.70. The Morgan fingerprint density at radius 1 is 1.47 bits per heavy atom. The van der Waals surface area contributed by atoms with Crippen molar-refractivity contribution in [2.75, 3.05) is 17.2 Å². The molecule has 1 rings (SSSR count). The number of hydrogen-bond donors (Lipinski definition) is 1. The van der Waals surface area contributed by atoms with Gasteiger partial charge in [0.25, 0.3) is 0 Å². The molecule has 0 saturated carbocycles. The summed E-state index contributed by atoms with van der Waals surface area (Å²) >= 11 is 0. The zero-order valence-electron chi connectivity index (χ0n) is 9.49. The Labute approximate surface area is 91.1 Å². The van der Waals surface area contributed by atoms with Crippen LogP contribution in [0.1, 0.15) is 26.3 Å². The maximum atomic E-state index is 8.74. The Morgan fingerprint density at radius 3 is 2.53 bits per heavy atom. The first-order valence-corrected chi connectivity index (χ1v) is 5.16. The van der Waals surface area contributed by atoms with Crippen molar-refractivity contribution in [2.45, 2.75) is 26.8 Å². The normalized spacial score (nSPS) is 10.1. The van der Waals surface area contributed by atoms with Gasteiger partial charge in [0.2, 0.25) is 0 Å². The Balaban J connectivity index is 3.10. The van der Waals surface area contributed by atoms with Gasteiger partial charge in [0.1, 0.15) is 0 Å². The first-order valence-electron chi connectivity index (χ1n) is 5.16. The Kier molecular flexibility index (Phi) is 3.56. The highest BCUT2D eigenvalue weighted by Crippen LogP contribution is 2.25. The molecule has 15 heavy (non-hydrogen) atoms. The molecule has 2 N–H and O–H groups in total. The van der Waals surface area contributed by atoms with E-state index in [-0.39, 0.29) is 0 Å². The lowest BCUT2D eigenvalue weighted by Crippen LogP contribution is -2.30. The van der Waals surface area contributed by atoms with Crippen LogP contribution >= 0.6 is 0 Å². The van der Waals surface area contributed by atoms with Crippen LogP contribution in [0.15, 0.2) is 18.2 Å². The smallest absolute Gasteiger partial charge is 0.0992 e. The maximum Gasteiger partial charge on any atom is 0.0992 e. The molecular weight excluding hydrogens is 186 g/mol. The molecule has 1 aromatic rings. The van der Waals surface area contributed by atoms with Gasteiger partial charge in [-0.05, 0) is 39.0 Å². The first kappa shape index (κ1) is 11.4. The van der Waals surface area contributed by atoms with Gasteiger partial charge in [-0.15, -0.1) is 0 Å². The highest BCUT2D eigenvalue weighted by molar-refractivity contribution is 5.69. The Hall–Kier alpha value is -1.69. The summed E-state index contributed by atoms with van der Waals surface area (Å²) in [6.45, 7) is 7.26. The third kappa shape index (κ3) is 2.41. The van der Waals surface area contributed by atoms with E-state index in [2.05, 4.69) is 31.7 Å². The zero-order chi connectivity index (χ0) is 11.4. The van der Waals surface area contributed by atoms with Crippen molar-refractivity contribution in [2.24, 2.45) is 0 Å². The van der Waals surface area contributed by atoms with E-state index >= 15 is 0 Å². The summed E-state index contributed by atoms with van der Waals surface area (Å²) in [5.41, 5.74) is 8.20. The van der Waals surface area contributed by atoms with Crippen molar-refractivity contribution < 1.29 is 0 Å². The van der Waals surface area contributed by atoms with Crippen LogP contribution in [0.5, 0.6) is 0 Å². The van der Waals surface area contributed by atoms with Crippen LogP contribution in [-0.2, 0) is 0 Å². The molecule has 0 amide bonds. The predicted octanol–water partition coefficient (Wildman–Crippen LogP) is 2.38. The zero-order valence-corrected chi connectivity index (χ0v) is 9.49. The molecule has 0 spiro atoms. The lowest BCUT2D eigenvalue weighted by Gasteiger charge is -2.28. The minimum atomic E-state index is 0.408. The van der Waals surface area contributed by atoms with E-state index in [0.29, 0.717) is 17.3 Å². The van der Waals surface area contributed by atoms with Gasteiger partial charge in [-0.3, -0.25) is 0 Å². The van der Waals surface area contributed by atoms with Crippen LogP contribution < -0.4 is 10.6 Å². The molecule has 0 unspecified atom stereocenters. The lowest BCUT2D eigenvalue weighted by atomic mass is 10.1. The SMILES string of the molecule is CCN(c1ccc(C#N)cc1N)C(C)C. The van der Waals surface area contributed by atoms with E-state index < -0.39 is 0 Å². The minimum Gasteiger partial charge on any atom is -0.397 e. The molecule has 3 heteroatoms. The monoisotopic (exact) mass is 203 g/mol. The first-order chi connectivity index (χ1) is 7.10. The fourth-order valence-electron chi connectivity index (χ4n) is 1.70. The van der Waals surface area contributed by atoms with Gasteiger partial charge in [-0.25, -0.2) is 0 Å². The highest BCUT2D eigenvalue weighted by atomic mass is 15.2. The maximum absolute atomic E-state index is 8.74. The number of hydrogen-bond acceptors (Lipinski definition) is 3. The molecule has 0 radical (unpaired) electrons. The summed E-state index contributed by atoms with van der Waals surface area (Å²) < 4.78 is 0. The summed E-state index contributed by atoms with van der Waals surface area (Å²) in [6, 6.07) is 7.93. The topological polar surface area (TPSA) is 53.0 Å². The molecule has 0 heterocycles. The summed E-state index contributed by atoms with van der Waals surface area (Å²) in [7, 11) is 0. The van der Waals surface area contributed by atoms with Gasteiger partial charge >= 0.3 is 0 Å². The molecule has 0 saturated heterocycles. The van der Waals surface area contributed by atoms with Gasteiger partial charge in [0, 0.05) is 12.6 Å². The van der Waals surface area contributed by atoms with E-state index in [9.17, 15) is 0 Å². The van der Waals surface area contributed by atoms with Crippen LogP contribution in [0.25, 0.3) is 0 Å². The number of anilines is 2. The second-order valence-corrected chi connectivity index (χ2v) is 3.77. The fourth-order valence-corrected chi connectivity index (χ4v) is 1.70. The average Bonchev–Trinajstić information content (AvgIpc) is 2.20. The number of nitrogens with two attached hydrogens (primary N) is 1. The van der Waals surface area contributed by atoms with Gasteiger partial charge in [0.15, 0.2) is 0 Å². The third-order valence-electron chi connectivity index (χ3n) is 2.43. The number of nitrogen functional groups attached to an aromatic ring is 1. The van der Waals surface area contributed by atoms with Crippen molar-refractivity contribution in [3.63, 3.8) is 0 Å². The van der Waals surface area contributed by atoms with Crippen molar-refractivity contribution in [1.82, 2.24) is 0 Å². The standard InChI is InChI=1S/C12H17N3/c1-4-15(9(2)3)12-6-5-10(8-13)7-11(12)14/h5-7,9H,4,14H2,1-3H3. The van der Waals surface area contributed by atoms with E-state index in [1.54, 1.807) is 12.1 Å². The molecular formula is C12H17N3. The number of benzene rings is 1. The van der Waals surface area contributed by atoms with Gasteiger partial charge in [-0.1, -0.05) is 0 Å². The minimum absolute atomic E-state index is 0.408. The summed E-state index contributed by atoms with van der Waals surface area (Å²) in [5.74, 6) is 0. The Bertz CT molecular complexity index is 377. The fraction of sp³-hybridized carbons (Fsp3) is 0.417. The Morgan fingerprint density at radius 2 is 2.13 bits per heavy atom. The van der Waals surface area contributed by atoms with Crippen LogP contribution in [0.4, 0.5) is 11.4 Å². The quantitative estimate of drug-likeness (QED) is 0.767. The van der Waals surface area contributed by atoms with Crippen molar-refractivity contribution in [3.8, 4) is 6.07 Å². The molecule has 3 nitrogen and oxygen atoms in total. The van der Waals surface area contributed by atoms with Gasteiger partial charge in [-0.2, -0.15) is 5.26 Å².